The van der Waals surface area contributed by atoms with Gasteiger partial charge in [0.2, 0.25) is 0 Å². The first-order chi connectivity index (χ1) is 40.9. The van der Waals surface area contributed by atoms with E-state index in [2.05, 4.69) is 290 Å². The summed E-state index contributed by atoms with van der Waals surface area (Å²) < 4.78 is 5.15. The number of aromatic nitrogens is 5. The first-order valence-electron chi connectivity index (χ1n) is 29.3. The van der Waals surface area contributed by atoms with Gasteiger partial charge in [-0.1, -0.05) is 244 Å². The highest BCUT2D eigenvalue weighted by molar-refractivity contribution is 6.17. The molecule has 12 aromatic rings. The molecule has 3 unspecified atom stereocenters. The van der Waals surface area contributed by atoms with Crippen LogP contribution in [0.1, 0.15) is 72.4 Å². The third kappa shape index (κ3) is 8.01. The van der Waals surface area contributed by atoms with Crippen molar-refractivity contribution in [1.82, 2.24) is 24.1 Å². The fourth-order valence-corrected chi connectivity index (χ4v) is 14.4. The van der Waals surface area contributed by atoms with Crippen molar-refractivity contribution in [2.24, 2.45) is 5.92 Å². The van der Waals surface area contributed by atoms with Crippen LogP contribution in [-0.4, -0.2) is 24.1 Å². The van der Waals surface area contributed by atoms with Crippen molar-refractivity contribution >= 4 is 38.3 Å². The Bertz CT molecular complexity index is 4740. The molecule has 0 aliphatic heterocycles. The zero-order valence-corrected chi connectivity index (χ0v) is 46.5. The lowest BCUT2D eigenvalue weighted by Gasteiger charge is -2.32. The highest BCUT2D eigenvalue weighted by Crippen LogP contribution is 2.53. The van der Waals surface area contributed by atoms with Crippen LogP contribution >= 0.6 is 0 Å². The van der Waals surface area contributed by atoms with Crippen molar-refractivity contribution in [1.29, 1.82) is 0 Å². The fraction of sp³-hybridized carbons (Fsp3) is 0.115. The molecule has 4 aliphatic rings. The van der Waals surface area contributed by atoms with Gasteiger partial charge in [-0.3, -0.25) is 0 Å². The second-order valence-corrected chi connectivity index (χ2v) is 23.2. The number of para-hydroxylation sites is 2. The SMILES string of the molecule is CC1(C)c2ccccc2-c2cccc(-c3nc(-c4cccc(-c5ccccc5)c4)nc(C4C=CC(C5C=CC=CC5)=CC4n4c5c(c6ccccc64)C(c4cccc6c4c4ccc(-c7ccccc7)cc4n6-c4ccccc4)=CCC5)n3)c21. The largest absolute Gasteiger partial charge is 0.336 e. The van der Waals surface area contributed by atoms with Crippen molar-refractivity contribution in [2.75, 3.05) is 0 Å². The van der Waals surface area contributed by atoms with Crippen LogP contribution < -0.4 is 0 Å². The van der Waals surface area contributed by atoms with Gasteiger partial charge in [-0.2, -0.15) is 0 Å². The van der Waals surface area contributed by atoms with Gasteiger partial charge in [-0.15, -0.1) is 0 Å². The zero-order valence-electron chi connectivity index (χ0n) is 46.5. The molecule has 5 heteroatoms. The van der Waals surface area contributed by atoms with Gasteiger partial charge in [0.05, 0.1) is 23.0 Å². The van der Waals surface area contributed by atoms with Crippen LogP contribution in [0.15, 0.2) is 273 Å². The van der Waals surface area contributed by atoms with Gasteiger partial charge in [0.25, 0.3) is 0 Å². The summed E-state index contributed by atoms with van der Waals surface area (Å²) in [6.45, 7) is 4.70. The summed E-state index contributed by atoms with van der Waals surface area (Å²) >= 11 is 0. The summed E-state index contributed by atoms with van der Waals surface area (Å²) in [7, 11) is 0. The van der Waals surface area contributed by atoms with E-state index in [-0.39, 0.29) is 23.3 Å². The Balaban J connectivity index is 0.907. The predicted octanol–water partition coefficient (Wildman–Crippen LogP) is 19.2. The molecule has 5 nitrogen and oxygen atoms in total. The number of hydrogen-bond acceptors (Lipinski definition) is 3. The number of hydrogen-bond donors (Lipinski definition) is 0. The van der Waals surface area contributed by atoms with Crippen LogP contribution in [0.4, 0.5) is 0 Å². The highest BCUT2D eigenvalue weighted by atomic mass is 15.1. The van der Waals surface area contributed by atoms with Gasteiger partial charge >= 0.3 is 0 Å². The molecule has 0 amide bonds. The second-order valence-electron chi connectivity index (χ2n) is 23.2. The van der Waals surface area contributed by atoms with E-state index >= 15 is 0 Å². The molecular formula is C78H59N5. The van der Waals surface area contributed by atoms with E-state index in [9.17, 15) is 0 Å². The van der Waals surface area contributed by atoms with E-state index < -0.39 is 0 Å². The van der Waals surface area contributed by atoms with Gasteiger partial charge in [0.15, 0.2) is 11.6 Å². The molecule has 83 heavy (non-hydrogen) atoms. The van der Waals surface area contributed by atoms with Crippen molar-refractivity contribution < 1.29 is 0 Å². The Morgan fingerprint density at radius 1 is 0.506 bits per heavy atom. The van der Waals surface area contributed by atoms with E-state index in [0.29, 0.717) is 11.6 Å². The maximum absolute atomic E-state index is 5.75. The molecule has 0 N–H and O–H groups in total. The minimum absolute atomic E-state index is 0.171. The number of rotatable bonds is 9. The van der Waals surface area contributed by atoms with E-state index in [4.69, 9.17) is 15.0 Å². The van der Waals surface area contributed by atoms with Crippen molar-refractivity contribution in [3.05, 3.63) is 306 Å². The molecule has 396 valence electrons. The topological polar surface area (TPSA) is 48.5 Å². The van der Waals surface area contributed by atoms with Crippen LogP contribution in [0.2, 0.25) is 0 Å². The molecule has 0 fully saturated rings. The molecule has 9 aromatic carbocycles. The van der Waals surface area contributed by atoms with Crippen molar-refractivity contribution in [3.8, 4) is 61.8 Å². The Labute approximate surface area is 484 Å². The first kappa shape index (κ1) is 48.9. The molecular weight excluding hydrogens is 1010 g/mol. The lowest BCUT2D eigenvalue weighted by atomic mass is 9.80. The third-order valence-electron chi connectivity index (χ3n) is 18.1. The first-order valence-corrected chi connectivity index (χ1v) is 29.3. The molecule has 4 aliphatic carbocycles. The Morgan fingerprint density at radius 3 is 1.99 bits per heavy atom. The number of fused-ring (bicyclic) bond motifs is 9. The Hall–Kier alpha value is -9.97. The van der Waals surface area contributed by atoms with Crippen molar-refractivity contribution in [3.63, 3.8) is 0 Å². The standard InChI is InChI=1S/C78H59N5/c1-78(2)66-39-17-15-33-58(66)61-37-20-38-65(74(61)78)77-80-75(56-30-19-29-53(47-56)50-23-7-3-8-24-50)79-76(81-77)64-46-44-55(52-27-11-5-12-28-52)49-71(64)83-67-40-18-16-34-62(67)72-59(36-22-42-69(72)83)60-35-21-41-68-73(60)63-45-43-54(51-25-9-4-10-26-51)48-70(63)82(68)57-31-13-6-14-32-57/h3-21,23-27,29-41,43-49,52,64,71H,22,28,42H2,1-2H3. The van der Waals surface area contributed by atoms with Crippen LogP contribution in [-0.2, 0) is 11.8 Å². The molecule has 16 rings (SSSR count). The van der Waals surface area contributed by atoms with Crippen LogP contribution in [0.25, 0.3) is 100 Å². The summed E-state index contributed by atoms with van der Waals surface area (Å²) in [5, 5.41) is 3.76. The molecule has 0 spiro atoms. The van der Waals surface area contributed by atoms with Crippen LogP contribution in [0.3, 0.4) is 0 Å². The van der Waals surface area contributed by atoms with Gasteiger partial charge < -0.3 is 9.13 Å². The van der Waals surface area contributed by atoms with Crippen molar-refractivity contribution in [2.45, 2.75) is 50.5 Å². The normalized spacial score (nSPS) is 17.6. The van der Waals surface area contributed by atoms with E-state index in [1.165, 1.54) is 94.1 Å². The monoisotopic (exact) mass is 1070 g/mol. The smallest absolute Gasteiger partial charge is 0.164 e. The number of nitrogens with zero attached hydrogens (tertiary/aromatic N) is 5. The van der Waals surface area contributed by atoms with Gasteiger partial charge in [0, 0.05) is 61.1 Å². The molecule has 3 aromatic heterocycles. The maximum Gasteiger partial charge on any atom is 0.164 e. The summed E-state index contributed by atoms with van der Waals surface area (Å²) in [4.78, 5) is 17.0. The van der Waals surface area contributed by atoms with Crippen LogP contribution in [0.5, 0.6) is 0 Å². The molecule has 0 radical (unpaired) electrons. The zero-order chi connectivity index (χ0) is 55.2. The quantitative estimate of drug-likeness (QED) is 0.145. The molecule has 3 heterocycles. The fourth-order valence-electron chi connectivity index (χ4n) is 14.4. The lowest BCUT2D eigenvalue weighted by molar-refractivity contribution is 0.513. The molecule has 0 saturated carbocycles. The summed E-state index contributed by atoms with van der Waals surface area (Å²) in [6, 6.07) is 79.4. The average Bonchev–Trinajstić information content (AvgIpc) is 1.86. The van der Waals surface area contributed by atoms with E-state index in [1.54, 1.807) is 0 Å². The highest BCUT2D eigenvalue weighted by Gasteiger charge is 2.39. The average molecular weight is 1070 g/mol. The van der Waals surface area contributed by atoms with Crippen LogP contribution in [0, 0.1) is 5.92 Å². The minimum atomic E-state index is -0.282. The van der Waals surface area contributed by atoms with Gasteiger partial charge in [-0.25, -0.2) is 15.0 Å². The Kier molecular flexibility index (Phi) is 11.6. The summed E-state index contributed by atoms with van der Waals surface area (Å²) in [6.07, 6.45) is 21.6. The molecule has 0 bridgehead atoms. The van der Waals surface area contributed by atoms with Gasteiger partial charge in [0.1, 0.15) is 5.82 Å². The van der Waals surface area contributed by atoms with Gasteiger partial charge in [-0.05, 0) is 117 Å². The molecule has 0 saturated heterocycles. The summed E-state index contributed by atoms with van der Waals surface area (Å²) in [5.74, 6) is 2.11. The number of benzene rings is 9. The number of allylic oxidation sites excluding steroid dienone is 9. The lowest BCUT2D eigenvalue weighted by Crippen LogP contribution is -2.24. The van der Waals surface area contributed by atoms with E-state index in [1.807, 2.05) is 0 Å². The minimum Gasteiger partial charge on any atom is -0.336 e. The molecule has 3 atom stereocenters. The maximum atomic E-state index is 5.75. The summed E-state index contributed by atoms with van der Waals surface area (Å²) in [5.41, 5.74) is 22.7. The van der Waals surface area contributed by atoms with E-state index in [0.717, 1.165) is 53.0 Å². The predicted molar refractivity (Wildman–Crippen MR) is 343 cm³/mol. The second kappa shape index (κ2) is 19.6. The third-order valence-corrected chi connectivity index (χ3v) is 18.1. The Morgan fingerprint density at radius 2 is 1.17 bits per heavy atom.